The molecule has 0 saturated carbocycles. The van der Waals surface area contributed by atoms with Crippen molar-refractivity contribution in [3.63, 3.8) is 0 Å². The summed E-state index contributed by atoms with van der Waals surface area (Å²) in [5.74, 6) is 0.727. The predicted molar refractivity (Wildman–Crippen MR) is 82.4 cm³/mol. The van der Waals surface area contributed by atoms with E-state index in [0.29, 0.717) is 11.3 Å². The molecule has 0 spiro atoms. The average Bonchev–Trinajstić information content (AvgIpc) is 2.55. The first-order chi connectivity index (χ1) is 10.3. The third-order valence-corrected chi connectivity index (χ3v) is 3.22. The summed E-state index contributed by atoms with van der Waals surface area (Å²) < 4.78 is 11.0. The summed E-state index contributed by atoms with van der Waals surface area (Å²) in [5.41, 5.74) is 1.94. The van der Waals surface area contributed by atoms with Crippen LogP contribution in [0.4, 0.5) is 0 Å². The van der Waals surface area contributed by atoms with E-state index in [1.807, 2.05) is 60.7 Å². The molecule has 1 heterocycles. The van der Waals surface area contributed by atoms with Crippen molar-refractivity contribution < 1.29 is 9.15 Å². The zero-order valence-electron chi connectivity index (χ0n) is 11.6. The van der Waals surface area contributed by atoms with E-state index >= 15 is 0 Å². The lowest BCUT2D eigenvalue weighted by Crippen LogP contribution is -2.06. The second-order valence-corrected chi connectivity index (χ2v) is 4.57. The molecule has 0 radical (unpaired) electrons. The van der Waals surface area contributed by atoms with Gasteiger partial charge in [0.2, 0.25) is 0 Å². The van der Waals surface area contributed by atoms with Gasteiger partial charge in [-0.2, -0.15) is 0 Å². The van der Waals surface area contributed by atoms with Crippen LogP contribution in [-0.2, 0) is 0 Å². The molecule has 3 heteroatoms. The van der Waals surface area contributed by atoms with E-state index < -0.39 is 0 Å². The van der Waals surface area contributed by atoms with Crippen LogP contribution in [0.25, 0.3) is 22.5 Å². The minimum absolute atomic E-state index is 0.122. The molecule has 0 saturated heterocycles. The lowest BCUT2D eigenvalue weighted by molar-refractivity contribution is 0.303. The van der Waals surface area contributed by atoms with Crippen LogP contribution in [0.1, 0.15) is 0 Å². The Hall–Kier alpha value is -2.81. The van der Waals surface area contributed by atoms with Gasteiger partial charge in [0, 0.05) is 11.6 Å². The van der Waals surface area contributed by atoms with Gasteiger partial charge in [-0.25, -0.2) is 0 Å². The smallest absolute Gasteiger partial charge is 0.296 e. The minimum atomic E-state index is -0.122. The highest BCUT2D eigenvalue weighted by atomic mass is 16.6. The molecule has 3 aromatic rings. The van der Waals surface area contributed by atoms with Gasteiger partial charge in [-0.3, -0.25) is 4.79 Å². The van der Waals surface area contributed by atoms with E-state index in [1.54, 1.807) is 0 Å². The molecule has 0 aliphatic carbocycles. The van der Waals surface area contributed by atoms with Crippen LogP contribution in [0, 0.1) is 0 Å². The fourth-order valence-electron chi connectivity index (χ4n) is 2.23. The van der Waals surface area contributed by atoms with E-state index in [-0.39, 0.29) is 11.4 Å². The maximum absolute atomic E-state index is 12.5. The van der Waals surface area contributed by atoms with Crippen molar-refractivity contribution >= 4 is 0 Å². The van der Waals surface area contributed by atoms with Gasteiger partial charge in [0.15, 0.2) is 5.43 Å². The molecule has 104 valence electrons. The van der Waals surface area contributed by atoms with Gasteiger partial charge in [0.25, 0.3) is 5.95 Å². The average molecular weight is 278 g/mol. The first-order valence-electron chi connectivity index (χ1n) is 6.62. The molecule has 0 atom stereocenters. The van der Waals surface area contributed by atoms with Gasteiger partial charge in [0.05, 0.1) is 7.11 Å². The fourth-order valence-corrected chi connectivity index (χ4v) is 2.23. The van der Waals surface area contributed by atoms with Gasteiger partial charge in [-0.05, 0) is 5.56 Å². The Labute approximate surface area is 122 Å². The molecule has 3 nitrogen and oxygen atoms in total. The van der Waals surface area contributed by atoms with Crippen LogP contribution in [0.15, 0.2) is 75.9 Å². The lowest BCUT2D eigenvalue weighted by atomic mass is 10.1. The Kier molecular flexibility index (Phi) is 3.56. The molecular formula is C18H14O3. The molecular weight excluding hydrogens is 264 g/mol. The molecule has 0 unspecified atom stereocenters. The monoisotopic (exact) mass is 278 g/mol. The third-order valence-electron chi connectivity index (χ3n) is 3.22. The topological polar surface area (TPSA) is 39.4 Å². The van der Waals surface area contributed by atoms with Crippen molar-refractivity contribution in [1.29, 1.82) is 0 Å². The molecule has 2 aromatic carbocycles. The van der Waals surface area contributed by atoms with Gasteiger partial charge in [-0.1, -0.05) is 60.7 Å². The van der Waals surface area contributed by atoms with Gasteiger partial charge >= 0.3 is 0 Å². The maximum Gasteiger partial charge on any atom is 0.296 e. The number of ether oxygens (including phenoxy) is 1. The Balaban J connectivity index is 2.19. The number of methoxy groups -OCH3 is 1. The zero-order chi connectivity index (χ0) is 14.7. The van der Waals surface area contributed by atoms with E-state index in [9.17, 15) is 4.79 Å². The van der Waals surface area contributed by atoms with E-state index in [1.165, 1.54) is 13.2 Å². The van der Waals surface area contributed by atoms with Gasteiger partial charge < -0.3 is 9.15 Å². The minimum Gasteiger partial charge on any atom is -0.468 e. The quantitative estimate of drug-likeness (QED) is 0.727. The van der Waals surface area contributed by atoms with E-state index in [4.69, 9.17) is 9.15 Å². The first kappa shape index (κ1) is 13.2. The molecule has 3 rings (SSSR count). The van der Waals surface area contributed by atoms with Crippen molar-refractivity contribution in [3.8, 4) is 28.4 Å². The van der Waals surface area contributed by atoms with Crippen LogP contribution in [-0.4, -0.2) is 7.11 Å². The van der Waals surface area contributed by atoms with E-state index in [2.05, 4.69) is 0 Å². The summed E-state index contributed by atoms with van der Waals surface area (Å²) in [6.07, 6.45) is 0. The Morgan fingerprint density at radius 1 is 0.857 bits per heavy atom. The molecule has 0 fully saturated rings. The zero-order valence-corrected chi connectivity index (χ0v) is 11.6. The highest BCUT2D eigenvalue weighted by molar-refractivity contribution is 5.70. The number of hydrogen-bond acceptors (Lipinski definition) is 3. The maximum atomic E-state index is 12.5. The number of benzene rings is 2. The summed E-state index contributed by atoms with van der Waals surface area (Å²) in [7, 11) is 1.50. The van der Waals surface area contributed by atoms with Crippen molar-refractivity contribution in [1.82, 2.24) is 0 Å². The van der Waals surface area contributed by atoms with Crippen molar-refractivity contribution in [3.05, 3.63) is 77.0 Å². The lowest BCUT2D eigenvalue weighted by Gasteiger charge is -2.09. The van der Waals surface area contributed by atoms with Crippen LogP contribution >= 0.6 is 0 Å². The van der Waals surface area contributed by atoms with Crippen molar-refractivity contribution in [2.45, 2.75) is 0 Å². The Morgan fingerprint density at radius 3 is 2.00 bits per heavy atom. The van der Waals surface area contributed by atoms with Gasteiger partial charge in [0.1, 0.15) is 11.3 Å². The summed E-state index contributed by atoms with van der Waals surface area (Å²) in [4.78, 5) is 12.5. The van der Waals surface area contributed by atoms with Crippen LogP contribution < -0.4 is 10.2 Å². The highest BCUT2D eigenvalue weighted by Gasteiger charge is 2.15. The normalized spacial score (nSPS) is 10.3. The Bertz CT molecular complexity index is 790. The second-order valence-electron chi connectivity index (χ2n) is 4.57. The first-order valence-corrected chi connectivity index (χ1v) is 6.62. The summed E-state index contributed by atoms with van der Waals surface area (Å²) in [5, 5.41) is 0. The summed E-state index contributed by atoms with van der Waals surface area (Å²) in [6.45, 7) is 0. The van der Waals surface area contributed by atoms with Crippen LogP contribution in [0.3, 0.4) is 0 Å². The predicted octanol–water partition coefficient (Wildman–Crippen LogP) is 3.98. The van der Waals surface area contributed by atoms with Crippen LogP contribution in [0.5, 0.6) is 5.95 Å². The molecule has 0 amide bonds. The van der Waals surface area contributed by atoms with E-state index in [0.717, 1.165) is 11.1 Å². The standard InChI is InChI=1S/C18H14O3/c1-20-18-17(14-10-6-3-7-11-14)15(19)12-16(21-18)13-8-4-2-5-9-13/h2-12H,1H3. The number of rotatable bonds is 3. The summed E-state index contributed by atoms with van der Waals surface area (Å²) >= 11 is 0. The van der Waals surface area contributed by atoms with Crippen LogP contribution in [0.2, 0.25) is 0 Å². The third kappa shape index (κ3) is 2.58. The molecule has 0 aliphatic rings. The fraction of sp³-hybridized carbons (Fsp3) is 0.0556. The van der Waals surface area contributed by atoms with Crippen molar-refractivity contribution in [2.24, 2.45) is 0 Å². The molecule has 0 aliphatic heterocycles. The molecule has 0 bridgehead atoms. The number of hydrogen-bond donors (Lipinski definition) is 0. The summed E-state index contributed by atoms with van der Waals surface area (Å²) in [6, 6.07) is 20.3. The highest BCUT2D eigenvalue weighted by Crippen LogP contribution is 2.30. The molecule has 21 heavy (non-hydrogen) atoms. The largest absolute Gasteiger partial charge is 0.468 e. The van der Waals surface area contributed by atoms with Crippen molar-refractivity contribution in [2.75, 3.05) is 7.11 Å². The molecule has 0 N–H and O–H groups in total. The van der Waals surface area contributed by atoms with Gasteiger partial charge in [-0.15, -0.1) is 0 Å². The SMILES string of the molecule is COc1oc(-c2ccccc2)cc(=O)c1-c1ccccc1. The second kappa shape index (κ2) is 5.67. The Morgan fingerprint density at radius 2 is 1.43 bits per heavy atom. The molecule has 1 aromatic heterocycles.